The molecule has 0 saturated heterocycles. The van der Waals surface area contributed by atoms with Crippen LogP contribution < -0.4 is 5.32 Å². The number of nitrogens with one attached hydrogen (secondary N) is 1. The first-order valence-corrected chi connectivity index (χ1v) is 6.23. The molecule has 0 amide bonds. The molecule has 0 bridgehead atoms. The van der Waals surface area contributed by atoms with Crippen LogP contribution in [0.2, 0.25) is 0 Å². The summed E-state index contributed by atoms with van der Waals surface area (Å²) in [6, 6.07) is 14.3. The summed E-state index contributed by atoms with van der Waals surface area (Å²) in [5.74, 6) is -0.498. The van der Waals surface area contributed by atoms with Crippen LogP contribution in [0.5, 0.6) is 0 Å². The lowest BCUT2D eigenvalue weighted by Gasteiger charge is -2.08. The lowest BCUT2D eigenvalue weighted by Crippen LogP contribution is -2.00. The number of benzene rings is 2. The molecule has 2 aromatic carbocycles. The van der Waals surface area contributed by atoms with Crippen LogP contribution in [0.3, 0.4) is 0 Å². The molecule has 102 valence electrons. The fourth-order valence-electron chi connectivity index (χ4n) is 1.85. The van der Waals surface area contributed by atoms with E-state index in [-0.39, 0.29) is 5.56 Å². The van der Waals surface area contributed by atoms with Crippen LogP contribution in [0.15, 0.2) is 42.5 Å². The Morgan fingerprint density at radius 3 is 2.50 bits per heavy atom. The first-order valence-electron chi connectivity index (χ1n) is 6.23. The number of ether oxygens (including phenoxy) is 1. The highest BCUT2D eigenvalue weighted by molar-refractivity contribution is 5.50. The number of nitriles is 1. The maximum atomic E-state index is 13.2. The van der Waals surface area contributed by atoms with Gasteiger partial charge < -0.3 is 10.1 Å². The van der Waals surface area contributed by atoms with Gasteiger partial charge in [0.2, 0.25) is 0 Å². The van der Waals surface area contributed by atoms with Gasteiger partial charge >= 0.3 is 0 Å². The van der Waals surface area contributed by atoms with Gasteiger partial charge in [-0.25, -0.2) is 4.39 Å². The van der Waals surface area contributed by atoms with E-state index in [1.165, 1.54) is 12.1 Å². The quantitative estimate of drug-likeness (QED) is 0.905. The lowest BCUT2D eigenvalue weighted by atomic mass is 10.1. The van der Waals surface area contributed by atoms with Gasteiger partial charge in [0, 0.05) is 19.3 Å². The molecule has 1 N–H and O–H groups in total. The second kappa shape index (κ2) is 6.69. The van der Waals surface area contributed by atoms with Crippen LogP contribution >= 0.6 is 0 Å². The highest BCUT2D eigenvalue weighted by Gasteiger charge is 2.02. The van der Waals surface area contributed by atoms with Gasteiger partial charge in [0.1, 0.15) is 11.9 Å². The van der Waals surface area contributed by atoms with Gasteiger partial charge in [-0.15, -0.1) is 0 Å². The molecule has 0 spiro atoms. The van der Waals surface area contributed by atoms with E-state index in [1.54, 1.807) is 13.2 Å². The predicted molar refractivity (Wildman–Crippen MR) is 75.6 cm³/mol. The second-order valence-electron chi connectivity index (χ2n) is 4.41. The van der Waals surface area contributed by atoms with E-state index < -0.39 is 5.82 Å². The van der Waals surface area contributed by atoms with Crippen molar-refractivity contribution >= 4 is 5.69 Å². The van der Waals surface area contributed by atoms with Crippen molar-refractivity contribution < 1.29 is 9.13 Å². The molecule has 0 heterocycles. The number of halogens is 1. The van der Waals surface area contributed by atoms with Crippen molar-refractivity contribution in [2.75, 3.05) is 12.4 Å². The topological polar surface area (TPSA) is 45.0 Å². The molecule has 2 rings (SSSR count). The van der Waals surface area contributed by atoms with E-state index in [4.69, 9.17) is 10.00 Å². The highest BCUT2D eigenvalue weighted by Crippen LogP contribution is 2.15. The number of hydrogen-bond donors (Lipinski definition) is 1. The molecule has 3 nitrogen and oxygen atoms in total. The van der Waals surface area contributed by atoms with E-state index in [0.29, 0.717) is 13.2 Å². The molecule has 0 saturated carbocycles. The summed E-state index contributed by atoms with van der Waals surface area (Å²) in [6.45, 7) is 1.21. The Labute approximate surface area is 117 Å². The van der Waals surface area contributed by atoms with E-state index in [0.717, 1.165) is 16.8 Å². The fraction of sp³-hybridized carbons (Fsp3) is 0.188. The van der Waals surface area contributed by atoms with Gasteiger partial charge in [0.15, 0.2) is 0 Å². The van der Waals surface area contributed by atoms with Gasteiger partial charge in [-0.2, -0.15) is 5.26 Å². The molecule has 0 fully saturated rings. The maximum Gasteiger partial charge on any atom is 0.141 e. The molecule has 0 atom stereocenters. The third kappa shape index (κ3) is 3.56. The number of anilines is 1. The third-order valence-corrected chi connectivity index (χ3v) is 2.92. The van der Waals surface area contributed by atoms with E-state index in [9.17, 15) is 4.39 Å². The van der Waals surface area contributed by atoms with E-state index in [2.05, 4.69) is 5.32 Å². The SMILES string of the molecule is COCc1ccc(CNc2ccc(F)c(C#N)c2)cc1. The zero-order valence-corrected chi connectivity index (χ0v) is 11.2. The fourth-order valence-corrected chi connectivity index (χ4v) is 1.85. The molecule has 0 aromatic heterocycles. The number of nitrogens with zero attached hydrogens (tertiary/aromatic N) is 1. The van der Waals surface area contributed by atoms with Crippen molar-refractivity contribution in [1.29, 1.82) is 5.26 Å². The molecule has 0 aliphatic rings. The summed E-state index contributed by atoms with van der Waals surface area (Å²) in [4.78, 5) is 0. The Morgan fingerprint density at radius 2 is 1.85 bits per heavy atom. The minimum atomic E-state index is -0.498. The smallest absolute Gasteiger partial charge is 0.141 e. The Bertz CT molecular complexity index is 617. The van der Waals surface area contributed by atoms with Gasteiger partial charge in [-0.3, -0.25) is 0 Å². The Morgan fingerprint density at radius 1 is 1.15 bits per heavy atom. The van der Waals surface area contributed by atoms with Crippen molar-refractivity contribution in [2.24, 2.45) is 0 Å². The number of rotatable bonds is 5. The minimum Gasteiger partial charge on any atom is -0.381 e. The van der Waals surface area contributed by atoms with E-state index >= 15 is 0 Å². The van der Waals surface area contributed by atoms with Crippen LogP contribution in [0.1, 0.15) is 16.7 Å². The number of methoxy groups -OCH3 is 1. The highest BCUT2D eigenvalue weighted by atomic mass is 19.1. The predicted octanol–water partition coefficient (Wildman–Crippen LogP) is 3.46. The van der Waals surface area contributed by atoms with Crippen LogP contribution in [-0.4, -0.2) is 7.11 Å². The van der Waals surface area contributed by atoms with Gasteiger partial charge in [-0.05, 0) is 29.3 Å². The Kier molecular flexibility index (Phi) is 4.70. The number of hydrogen-bond acceptors (Lipinski definition) is 3. The zero-order valence-electron chi connectivity index (χ0n) is 11.2. The summed E-state index contributed by atoms with van der Waals surface area (Å²) in [5.41, 5.74) is 2.99. The van der Waals surface area contributed by atoms with Crippen LogP contribution in [0.4, 0.5) is 10.1 Å². The van der Waals surface area contributed by atoms with Crippen LogP contribution in [0, 0.1) is 17.1 Å². The van der Waals surface area contributed by atoms with Gasteiger partial charge in [0.05, 0.1) is 12.2 Å². The molecule has 0 radical (unpaired) electrons. The van der Waals surface area contributed by atoms with E-state index in [1.807, 2.05) is 30.3 Å². The molecule has 0 unspecified atom stereocenters. The Hall–Kier alpha value is -2.38. The summed E-state index contributed by atoms with van der Waals surface area (Å²) >= 11 is 0. The monoisotopic (exact) mass is 270 g/mol. The zero-order chi connectivity index (χ0) is 14.4. The molecular formula is C16H15FN2O. The lowest BCUT2D eigenvalue weighted by molar-refractivity contribution is 0.185. The molecule has 4 heteroatoms. The largest absolute Gasteiger partial charge is 0.381 e. The first kappa shape index (κ1) is 14.0. The summed E-state index contributed by atoms with van der Waals surface area (Å²) < 4.78 is 18.2. The summed E-state index contributed by atoms with van der Waals surface area (Å²) in [5, 5.41) is 11.9. The molecule has 0 aliphatic heterocycles. The van der Waals surface area contributed by atoms with Gasteiger partial charge in [0.25, 0.3) is 0 Å². The summed E-state index contributed by atoms with van der Waals surface area (Å²) in [6.07, 6.45) is 0. The van der Waals surface area contributed by atoms with Crippen molar-refractivity contribution in [3.8, 4) is 6.07 Å². The normalized spacial score (nSPS) is 10.1. The molecule has 2 aromatic rings. The standard InChI is InChI=1S/C16H15FN2O/c1-20-11-13-4-2-12(3-5-13)10-19-15-6-7-16(17)14(8-15)9-18/h2-8,19H,10-11H2,1H3. The van der Waals surface area contributed by atoms with Crippen molar-refractivity contribution in [3.63, 3.8) is 0 Å². The van der Waals surface area contributed by atoms with Crippen molar-refractivity contribution in [1.82, 2.24) is 0 Å². The molecule has 20 heavy (non-hydrogen) atoms. The third-order valence-electron chi connectivity index (χ3n) is 2.92. The average molecular weight is 270 g/mol. The molecule has 0 aliphatic carbocycles. The minimum absolute atomic E-state index is 0.0467. The average Bonchev–Trinajstić information content (AvgIpc) is 2.48. The Balaban J connectivity index is 2.00. The summed E-state index contributed by atoms with van der Waals surface area (Å²) in [7, 11) is 1.66. The van der Waals surface area contributed by atoms with Crippen LogP contribution in [0.25, 0.3) is 0 Å². The van der Waals surface area contributed by atoms with Crippen LogP contribution in [-0.2, 0) is 17.9 Å². The van der Waals surface area contributed by atoms with Gasteiger partial charge in [-0.1, -0.05) is 24.3 Å². The molecular weight excluding hydrogens is 255 g/mol. The van der Waals surface area contributed by atoms with Crippen molar-refractivity contribution in [2.45, 2.75) is 13.2 Å². The maximum absolute atomic E-state index is 13.2. The van der Waals surface area contributed by atoms with Crippen molar-refractivity contribution in [3.05, 3.63) is 65.0 Å². The first-order chi connectivity index (χ1) is 9.72. The second-order valence-corrected chi connectivity index (χ2v) is 4.41.